The molecule has 2 rings (SSSR count). The maximum absolute atomic E-state index is 11.8. The van der Waals surface area contributed by atoms with E-state index in [2.05, 4.69) is 30.3 Å². The Morgan fingerprint density at radius 2 is 2.15 bits per heavy atom. The lowest BCUT2D eigenvalue weighted by Crippen LogP contribution is -2.28. The van der Waals surface area contributed by atoms with Crippen molar-refractivity contribution in [2.75, 3.05) is 12.3 Å². The fourth-order valence-electron chi connectivity index (χ4n) is 1.97. The zero-order valence-electron chi connectivity index (χ0n) is 11.9. The molecule has 5 heteroatoms. The van der Waals surface area contributed by atoms with Gasteiger partial charge in [-0.05, 0) is 30.5 Å². The van der Waals surface area contributed by atoms with Crippen molar-refractivity contribution >= 4 is 11.6 Å². The van der Waals surface area contributed by atoms with Gasteiger partial charge in [0.25, 0.3) is 0 Å². The normalized spacial score (nSPS) is 10.5. The Morgan fingerprint density at radius 1 is 1.35 bits per heavy atom. The van der Waals surface area contributed by atoms with Gasteiger partial charge in [-0.15, -0.1) is 0 Å². The highest BCUT2D eigenvalue weighted by atomic mass is 16.1. The van der Waals surface area contributed by atoms with Crippen LogP contribution in [0.3, 0.4) is 0 Å². The Hall–Kier alpha value is -2.30. The highest BCUT2D eigenvalue weighted by Gasteiger charge is 2.04. The van der Waals surface area contributed by atoms with Crippen LogP contribution in [0.5, 0.6) is 0 Å². The van der Waals surface area contributed by atoms with Gasteiger partial charge in [0.2, 0.25) is 5.91 Å². The molecule has 0 aliphatic heterocycles. The first-order valence-electron chi connectivity index (χ1n) is 6.65. The fraction of sp³-hybridized carbons (Fsp3) is 0.333. The maximum Gasteiger partial charge on any atom is 0.224 e. The molecule has 0 unspecified atom stereocenters. The molecule has 0 spiro atoms. The van der Waals surface area contributed by atoms with E-state index >= 15 is 0 Å². The molecule has 0 fully saturated rings. The van der Waals surface area contributed by atoms with Gasteiger partial charge in [0.1, 0.15) is 0 Å². The summed E-state index contributed by atoms with van der Waals surface area (Å²) < 4.78 is 1.71. The quantitative estimate of drug-likeness (QED) is 0.865. The number of hydrogen-bond acceptors (Lipinski definition) is 3. The number of nitrogens with zero attached hydrogens (tertiary/aromatic N) is 2. The minimum Gasteiger partial charge on any atom is -0.396 e. The summed E-state index contributed by atoms with van der Waals surface area (Å²) in [6, 6.07) is 6.10. The summed E-state index contributed by atoms with van der Waals surface area (Å²) in [6.45, 7) is 5.29. The third-order valence-electron chi connectivity index (χ3n) is 3.25. The van der Waals surface area contributed by atoms with Crippen molar-refractivity contribution in [3.63, 3.8) is 0 Å². The molecule has 1 aromatic heterocycles. The topological polar surface area (TPSA) is 72.9 Å². The van der Waals surface area contributed by atoms with Crippen LogP contribution in [0.1, 0.15) is 16.7 Å². The minimum absolute atomic E-state index is 0.0216. The van der Waals surface area contributed by atoms with Gasteiger partial charge in [-0.2, -0.15) is 5.10 Å². The summed E-state index contributed by atoms with van der Waals surface area (Å²) in [5.74, 6) is 0.0216. The molecule has 2 aromatic rings. The van der Waals surface area contributed by atoms with Crippen LogP contribution >= 0.6 is 0 Å². The maximum atomic E-state index is 11.8. The van der Waals surface area contributed by atoms with Crippen LogP contribution < -0.4 is 11.1 Å². The van der Waals surface area contributed by atoms with Crippen molar-refractivity contribution in [2.24, 2.45) is 0 Å². The van der Waals surface area contributed by atoms with Gasteiger partial charge in [-0.25, -0.2) is 0 Å². The summed E-state index contributed by atoms with van der Waals surface area (Å²) in [4.78, 5) is 11.8. The van der Waals surface area contributed by atoms with Gasteiger partial charge in [-0.1, -0.05) is 18.2 Å². The highest BCUT2D eigenvalue weighted by Crippen LogP contribution is 2.10. The van der Waals surface area contributed by atoms with E-state index in [-0.39, 0.29) is 5.91 Å². The Bertz CT molecular complexity index is 604. The van der Waals surface area contributed by atoms with Crippen molar-refractivity contribution in [3.8, 4) is 0 Å². The molecule has 20 heavy (non-hydrogen) atoms. The molecule has 0 saturated heterocycles. The molecule has 106 valence electrons. The molecule has 0 saturated carbocycles. The first-order chi connectivity index (χ1) is 9.54. The van der Waals surface area contributed by atoms with Gasteiger partial charge in [-0.3, -0.25) is 9.48 Å². The second-order valence-corrected chi connectivity index (χ2v) is 4.98. The number of carbonyl (C=O) groups excluding carboxylic acids is 1. The van der Waals surface area contributed by atoms with Crippen LogP contribution in [-0.2, 0) is 17.8 Å². The van der Waals surface area contributed by atoms with E-state index in [1.165, 1.54) is 11.1 Å². The lowest BCUT2D eigenvalue weighted by molar-refractivity contribution is -0.120. The summed E-state index contributed by atoms with van der Waals surface area (Å²) in [6.07, 6.45) is 3.74. The third kappa shape index (κ3) is 3.85. The van der Waals surface area contributed by atoms with Crippen LogP contribution in [-0.4, -0.2) is 22.2 Å². The number of anilines is 1. The minimum atomic E-state index is 0.0216. The fourth-order valence-corrected chi connectivity index (χ4v) is 1.97. The van der Waals surface area contributed by atoms with Crippen LogP contribution in [0.2, 0.25) is 0 Å². The van der Waals surface area contributed by atoms with Gasteiger partial charge < -0.3 is 11.1 Å². The molecule has 0 atom stereocenters. The highest BCUT2D eigenvalue weighted by molar-refractivity contribution is 5.78. The molecule has 0 radical (unpaired) electrons. The zero-order chi connectivity index (χ0) is 14.5. The molecule has 0 aliphatic carbocycles. The van der Waals surface area contributed by atoms with Crippen molar-refractivity contribution in [2.45, 2.75) is 26.8 Å². The molecule has 0 aliphatic rings. The predicted octanol–water partition coefficient (Wildman–Crippen LogP) is 1.44. The van der Waals surface area contributed by atoms with E-state index in [9.17, 15) is 4.79 Å². The van der Waals surface area contributed by atoms with E-state index in [0.717, 1.165) is 5.56 Å². The van der Waals surface area contributed by atoms with E-state index in [1.807, 2.05) is 12.1 Å². The van der Waals surface area contributed by atoms with Gasteiger partial charge in [0.05, 0.1) is 24.8 Å². The molecular weight excluding hydrogens is 252 g/mol. The van der Waals surface area contributed by atoms with E-state index in [4.69, 9.17) is 5.73 Å². The molecule has 1 amide bonds. The van der Waals surface area contributed by atoms with Gasteiger partial charge in [0, 0.05) is 12.7 Å². The third-order valence-corrected chi connectivity index (χ3v) is 3.25. The number of nitrogen functional groups attached to an aromatic ring is 1. The van der Waals surface area contributed by atoms with E-state index in [1.54, 1.807) is 17.1 Å². The molecule has 1 heterocycles. The standard InChI is InChI=1S/C15H20N4O/c1-11-3-4-13(7-12(11)2)8-15(20)17-5-6-19-10-14(16)9-18-19/h3-4,7,9-10H,5-6,8,16H2,1-2H3,(H,17,20). The lowest BCUT2D eigenvalue weighted by Gasteiger charge is -2.07. The Labute approximate surface area is 118 Å². The van der Waals surface area contributed by atoms with Crippen molar-refractivity contribution in [1.29, 1.82) is 0 Å². The SMILES string of the molecule is Cc1ccc(CC(=O)NCCn2cc(N)cn2)cc1C. The predicted molar refractivity (Wildman–Crippen MR) is 79.3 cm³/mol. The second kappa shape index (κ2) is 6.23. The molecule has 0 bridgehead atoms. The van der Waals surface area contributed by atoms with Crippen LogP contribution in [0.4, 0.5) is 5.69 Å². The average molecular weight is 272 g/mol. The van der Waals surface area contributed by atoms with Gasteiger partial charge in [0.15, 0.2) is 0 Å². The first kappa shape index (κ1) is 14.1. The molecule has 5 nitrogen and oxygen atoms in total. The largest absolute Gasteiger partial charge is 0.396 e. The van der Waals surface area contributed by atoms with E-state index in [0.29, 0.717) is 25.2 Å². The molecular formula is C15H20N4O. The summed E-state index contributed by atoms with van der Waals surface area (Å²) in [5, 5.41) is 6.94. The lowest BCUT2D eigenvalue weighted by atomic mass is 10.0. The summed E-state index contributed by atoms with van der Waals surface area (Å²) in [7, 11) is 0. The summed E-state index contributed by atoms with van der Waals surface area (Å²) >= 11 is 0. The number of rotatable bonds is 5. The Balaban J connectivity index is 1.79. The van der Waals surface area contributed by atoms with Crippen LogP contribution in [0.15, 0.2) is 30.6 Å². The number of hydrogen-bond donors (Lipinski definition) is 2. The zero-order valence-corrected chi connectivity index (χ0v) is 11.9. The molecule has 1 aromatic carbocycles. The monoisotopic (exact) mass is 272 g/mol. The number of amides is 1. The summed E-state index contributed by atoms with van der Waals surface area (Å²) in [5.41, 5.74) is 9.69. The molecule has 3 N–H and O–H groups in total. The Morgan fingerprint density at radius 3 is 2.80 bits per heavy atom. The number of nitrogens with one attached hydrogen (secondary N) is 1. The average Bonchev–Trinajstić information content (AvgIpc) is 2.80. The number of aromatic nitrogens is 2. The van der Waals surface area contributed by atoms with Crippen LogP contribution in [0, 0.1) is 13.8 Å². The van der Waals surface area contributed by atoms with Crippen LogP contribution in [0.25, 0.3) is 0 Å². The van der Waals surface area contributed by atoms with Gasteiger partial charge >= 0.3 is 0 Å². The second-order valence-electron chi connectivity index (χ2n) is 4.98. The van der Waals surface area contributed by atoms with Crippen molar-refractivity contribution in [1.82, 2.24) is 15.1 Å². The smallest absolute Gasteiger partial charge is 0.224 e. The Kier molecular flexibility index (Phi) is 4.40. The van der Waals surface area contributed by atoms with Crippen molar-refractivity contribution < 1.29 is 4.79 Å². The van der Waals surface area contributed by atoms with Crippen molar-refractivity contribution in [3.05, 3.63) is 47.3 Å². The number of carbonyl (C=O) groups is 1. The number of aryl methyl sites for hydroxylation is 2. The number of benzene rings is 1. The first-order valence-corrected chi connectivity index (χ1v) is 6.65. The van der Waals surface area contributed by atoms with E-state index < -0.39 is 0 Å². The number of nitrogens with two attached hydrogens (primary N) is 1.